The number of aromatic amines is 1. The summed E-state index contributed by atoms with van der Waals surface area (Å²) in [7, 11) is 7.14. The minimum Gasteiger partial charge on any atom is -0.496 e. The smallest absolute Gasteiger partial charge is 0.319 e. The third-order valence-electron chi connectivity index (χ3n) is 7.22. The highest BCUT2D eigenvalue weighted by molar-refractivity contribution is 6.05. The van der Waals surface area contributed by atoms with Crippen LogP contribution in [0.25, 0.3) is 33.3 Å². The summed E-state index contributed by atoms with van der Waals surface area (Å²) in [6.07, 6.45) is 5.51. The van der Waals surface area contributed by atoms with Gasteiger partial charge in [0.15, 0.2) is 0 Å². The number of aromatic nitrogens is 2. The van der Waals surface area contributed by atoms with Crippen LogP contribution in [0.4, 0.5) is 10.5 Å². The number of para-hydroxylation sites is 1. The van der Waals surface area contributed by atoms with Crippen molar-refractivity contribution in [3.05, 3.63) is 66.5 Å². The zero-order valence-electron chi connectivity index (χ0n) is 22.7. The Kier molecular flexibility index (Phi) is 7.51. The number of rotatable bonds is 6. The van der Waals surface area contributed by atoms with E-state index in [1.54, 1.807) is 33.5 Å². The van der Waals surface area contributed by atoms with Crippen molar-refractivity contribution in [3.63, 3.8) is 0 Å². The third-order valence-corrected chi connectivity index (χ3v) is 7.22. The maximum Gasteiger partial charge on any atom is 0.319 e. The number of carbonyl (C=O) groups is 2. The Labute approximate surface area is 228 Å². The van der Waals surface area contributed by atoms with Crippen molar-refractivity contribution in [1.29, 1.82) is 0 Å². The van der Waals surface area contributed by atoms with E-state index >= 15 is 0 Å². The minimum absolute atomic E-state index is 0.116. The molecule has 2 aromatic carbocycles. The average Bonchev–Trinajstić information content (AvgIpc) is 3.37. The number of nitrogens with one attached hydrogen (secondary N) is 3. The van der Waals surface area contributed by atoms with Crippen LogP contribution in [0.1, 0.15) is 23.2 Å². The molecule has 1 saturated heterocycles. The lowest BCUT2D eigenvalue weighted by Gasteiger charge is -2.29. The number of hydrogen-bond donors (Lipinski definition) is 3. The number of benzene rings is 2. The van der Waals surface area contributed by atoms with Gasteiger partial charge in [0.25, 0.3) is 5.91 Å². The summed E-state index contributed by atoms with van der Waals surface area (Å²) in [6.45, 7) is 1.89. The van der Waals surface area contributed by atoms with Gasteiger partial charge in [0, 0.05) is 54.6 Å². The van der Waals surface area contributed by atoms with Gasteiger partial charge in [-0.05, 0) is 62.8 Å². The molecule has 0 bridgehead atoms. The van der Waals surface area contributed by atoms with Crippen LogP contribution < -0.4 is 15.4 Å². The SMILES string of the molecule is COc1ccccc1-c1c[nH]c2ncc(-c3ccc(NC(=O)NC4CCN(C)CC4)c(C(=O)N(C)C)c3)cc12. The van der Waals surface area contributed by atoms with Crippen LogP contribution in [0.2, 0.25) is 0 Å². The second kappa shape index (κ2) is 11.2. The number of hydrogen-bond acceptors (Lipinski definition) is 5. The summed E-state index contributed by atoms with van der Waals surface area (Å²) in [6, 6.07) is 15.2. The Balaban J connectivity index is 1.46. The number of likely N-dealkylation sites (tertiary alicyclic amines) is 1. The van der Waals surface area contributed by atoms with Crippen molar-refractivity contribution >= 4 is 28.7 Å². The first-order valence-corrected chi connectivity index (χ1v) is 13.1. The number of amides is 3. The summed E-state index contributed by atoms with van der Waals surface area (Å²) in [5.74, 6) is 0.577. The van der Waals surface area contributed by atoms with Crippen LogP contribution in [-0.2, 0) is 0 Å². The van der Waals surface area contributed by atoms with Gasteiger partial charge in [-0.1, -0.05) is 24.3 Å². The summed E-state index contributed by atoms with van der Waals surface area (Å²) in [5.41, 5.74) is 5.25. The van der Waals surface area contributed by atoms with E-state index in [0.717, 1.165) is 65.0 Å². The van der Waals surface area contributed by atoms with E-state index in [1.807, 2.05) is 42.6 Å². The Hall–Kier alpha value is -4.37. The Morgan fingerprint density at radius 3 is 2.56 bits per heavy atom. The standard InChI is InChI=1S/C30H34N6O3/c1-35(2)29(37)24-15-19(9-10-26(24)34-30(38)33-21-11-13-36(3)14-12-21)20-16-23-25(18-32-28(23)31-17-20)22-7-5-6-8-27(22)39-4/h5-10,15-18,21H,11-14H2,1-4H3,(H,31,32)(H2,33,34,38). The fourth-order valence-electron chi connectivity index (χ4n) is 5.00. The molecule has 202 valence electrons. The Bertz CT molecular complexity index is 1500. The number of carbonyl (C=O) groups excluding carboxylic acids is 2. The first kappa shape index (κ1) is 26.2. The number of methoxy groups -OCH3 is 1. The number of urea groups is 1. The number of nitrogens with zero attached hydrogens (tertiary/aromatic N) is 3. The van der Waals surface area contributed by atoms with Crippen LogP contribution in [0, 0.1) is 0 Å². The molecule has 0 unspecified atom stereocenters. The van der Waals surface area contributed by atoms with Gasteiger partial charge in [-0.15, -0.1) is 0 Å². The first-order chi connectivity index (χ1) is 18.8. The number of piperidine rings is 1. The number of ether oxygens (including phenoxy) is 1. The molecule has 0 atom stereocenters. The summed E-state index contributed by atoms with van der Waals surface area (Å²) in [5, 5.41) is 6.90. The first-order valence-electron chi connectivity index (χ1n) is 13.1. The van der Waals surface area contributed by atoms with Crippen LogP contribution in [0.15, 0.2) is 60.9 Å². The van der Waals surface area contributed by atoms with Gasteiger partial charge in [-0.3, -0.25) is 4.79 Å². The second-order valence-electron chi connectivity index (χ2n) is 10.2. The quantitative estimate of drug-likeness (QED) is 0.334. The molecule has 9 heteroatoms. The van der Waals surface area contributed by atoms with Gasteiger partial charge in [0.1, 0.15) is 11.4 Å². The second-order valence-corrected chi connectivity index (χ2v) is 10.2. The van der Waals surface area contributed by atoms with Gasteiger partial charge in [-0.25, -0.2) is 9.78 Å². The highest BCUT2D eigenvalue weighted by Gasteiger charge is 2.21. The highest BCUT2D eigenvalue weighted by Crippen LogP contribution is 2.36. The van der Waals surface area contributed by atoms with Crippen molar-refractivity contribution in [3.8, 4) is 28.0 Å². The van der Waals surface area contributed by atoms with Gasteiger partial charge in [0.2, 0.25) is 0 Å². The van der Waals surface area contributed by atoms with Crippen LogP contribution in [-0.4, -0.2) is 79.1 Å². The zero-order chi connectivity index (χ0) is 27.5. The fourth-order valence-corrected chi connectivity index (χ4v) is 5.00. The molecule has 39 heavy (non-hydrogen) atoms. The molecule has 0 aliphatic carbocycles. The zero-order valence-corrected chi connectivity index (χ0v) is 22.7. The number of anilines is 1. The van der Waals surface area contributed by atoms with Crippen molar-refractivity contribution in [2.45, 2.75) is 18.9 Å². The molecular weight excluding hydrogens is 492 g/mol. The van der Waals surface area contributed by atoms with Gasteiger partial charge < -0.3 is 30.2 Å². The maximum atomic E-state index is 13.2. The van der Waals surface area contributed by atoms with Crippen molar-refractivity contribution in [2.24, 2.45) is 0 Å². The van der Waals surface area contributed by atoms with Gasteiger partial charge >= 0.3 is 6.03 Å². The molecule has 4 aromatic rings. The van der Waals surface area contributed by atoms with E-state index in [9.17, 15) is 9.59 Å². The minimum atomic E-state index is -0.304. The largest absolute Gasteiger partial charge is 0.496 e. The van der Waals surface area contributed by atoms with Gasteiger partial charge in [-0.2, -0.15) is 0 Å². The number of pyridine rings is 1. The lowest BCUT2D eigenvalue weighted by molar-refractivity contribution is 0.0828. The Morgan fingerprint density at radius 2 is 1.82 bits per heavy atom. The molecule has 9 nitrogen and oxygen atoms in total. The normalized spacial score (nSPS) is 14.3. The van der Waals surface area contributed by atoms with E-state index in [4.69, 9.17) is 4.74 Å². The van der Waals surface area contributed by atoms with E-state index in [0.29, 0.717) is 11.3 Å². The van der Waals surface area contributed by atoms with E-state index < -0.39 is 0 Å². The maximum absolute atomic E-state index is 13.2. The highest BCUT2D eigenvalue weighted by atomic mass is 16.5. The van der Waals surface area contributed by atoms with Crippen molar-refractivity contribution < 1.29 is 14.3 Å². The molecule has 0 saturated carbocycles. The topological polar surface area (TPSA) is 103 Å². The summed E-state index contributed by atoms with van der Waals surface area (Å²) >= 11 is 0. The molecule has 1 fully saturated rings. The van der Waals surface area contributed by atoms with Crippen molar-refractivity contribution in [2.75, 3.05) is 46.7 Å². The van der Waals surface area contributed by atoms with Gasteiger partial charge in [0.05, 0.1) is 18.4 Å². The van der Waals surface area contributed by atoms with Crippen LogP contribution >= 0.6 is 0 Å². The molecule has 5 rings (SSSR count). The predicted octanol–water partition coefficient (Wildman–Crippen LogP) is 4.82. The molecule has 3 amide bonds. The fraction of sp³-hybridized carbons (Fsp3) is 0.300. The van der Waals surface area contributed by atoms with Crippen LogP contribution in [0.3, 0.4) is 0 Å². The molecule has 1 aliphatic heterocycles. The molecule has 2 aromatic heterocycles. The molecule has 3 N–H and O–H groups in total. The van der Waals surface area contributed by atoms with Crippen molar-refractivity contribution in [1.82, 2.24) is 25.1 Å². The number of fused-ring (bicyclic) bond motifs is 1. The molecule has 1 aliphatic rings. The average molecular weight is 527 g/mol. The molecule has 3 heterocycles. The molecule has 0 spiro atoms. The Morgan fingerprint density at radius 1 is 1.05 bits per heavy atom. The predicted molar refractivity (Wildman–Crippen MR) is 154 cm³/mol. The van der Waals surface area contributed by atoms with E-state index in [-0.39, 0.29) is 18.0 Å². The van der Waals surface area contributed by atoms with E-state index in [2.05, 4.69) is 38.6 Å². The monoisotopic (exact) mass is 526 g/mol. The molecule has 0 radical (unpaired) electrons. The summed E-state index contributed by atoms with van der Waals surface area (Å²) in [4.78, 5) is 37.6. The van der Waals surface area contributed by atoms with Crippen LogP contribution in [0.5, 0.6) is 5.75 Å². The van der Waals surface area contributed by atoms with E-state index in [1.165, 1.54) is 4.90 Å². The lowest BCUT2D eigenvalue weighted by Crippen LogP contribution is -2.45. The third kappa shape index (κ3) is 5.58. The summed E-state index contributed by atoms with van der Waals surface area (Å²) < 4.78 is 5.58. The molecular formula is C30H34N6O3. The lowest BCUT2D eigenvalue weighted by atomic mass is 9.99. The number of H-pyrrole nitrogens is 1.